The highest BCUT2D eigenvalue weighted by atomic mass is 32.2. The Morgan fingerprint density at radius 1 is 0.853 bits per heavy atom. The molecule has 1 aromatic heterocycles. The van der Waals surface area contributed by atoms with Crippen LogP contribution >= 0.6 is 0 Å². The van der Waals surface area contributed by atoms with Crippen LogP contribution in [-0.4, -0.2) is 37.6 Å². The number of amides is 1. The summed E-state index contributed by atoms with van der Waals surface area (Å²) in [6.07, 6.45) is 3.62. The lowest BCUT2D eigenvalue weighted by Crippen LogP contribution is -2.30. The largest absolute Gasteiger partial charge is 0.355 e. The van der Waals surface area contributed by atoms with Crippen LogP contribution in [0.1, 0.15) is 33.1 Å². The first kappa shape index (κ1) is 23.7. The Morgan fingerprint density at radius 2 is 1.50 bits per heavy atom. The second-order valence-electron chi connectivity index (χ2n) is 8.68. The molecule has 3 aromatic rings. The molecule has 8 nitrogen and oxygen atoms in total. The Kier molecular flexibility index (Phi) is 7.12. The standard InChI is InChI=1S/C25H29N5O3S/c1-18(2)25(31)26-20-10-12-22(13-11-20)34(32,33)29-21-8-6-19(7-9-21)23-14-15-24(28-27-23)30-16-4-3-5-17-30/h6-15,18,29H,3-5,16-17H2,1-2H3,(H,26,31). The van der Waals surface area contributed by atoms with E-state index in [2.05, 4.69) is 25.1 Å². The minimum absolute atomic E-state index is 0.110. The van der Waals surface area contributed by atoms with Crippen molar-refractivity contribution in [1.82, 2.24) is 10.2 Å². The van der Waals surface area contributed by atoms with Gasteiger partial charge in [-0.2, -0.15) is 0 Å². The molecule has 1 aliphatic rings. The number of piperidine rings is 1. The first-order valence-electron chi connectivity index (χ1n) is 11.4. The molecule has 1 amide bonds. The number of aromatic nitrogens is 2. The molecule has 2 heterocycles. The van der Waals surface area contributed by atoms with Gasteiger partial charge in [0.25, 0.3) is 10.0 Å². The van der Waals surface area contributed by atoms with E-state index in [1.54, 1.807) is 38.1 Å². The molecular weight excluding hydrogens is 450 g/mol. The van der Waals surface area contributed by atoms with E-state index in [0.717, 1.165) is 30.2 Å². The molecule has 0 bridgehead atoms. The molecule has 1 saturated heterocycles. The molecule has 1 fully saturated rings. The molecule has 2 N–H and O–H groups in total. The lowest BCUT2D eigenvalue weighted by molar-refractivity contribution is -0.118. The van der Waals surface area contributed by atoms with Gasteiger partial charge in [0.1, 0.15) is 0 Å². The Bertz CT molecular complexity index is 1220. The van der Waals surface area contributed by atoms with Crippen molar-refractivity contribution in [2.75, 3.05) is 28.0 Å². The average Bonchev–Trinajstić information content (AvgIpc) is 2.85. The number of sulfonamides is 1. The van der Waals surface area contributed by atoms with Crippen molar-refractivity contribution < 1.29 is 13.2 Å². The molecule has 0 atom stereocenters. The monoisotopic (exact) mass is 479 g/mol. The summed E-state index contributed by atoms with van der Waals surface area (Å²) in [5.74, 6) is 0.605. The Morgan fingerprint density at radius 3 is 2.09 bits per heavy atom. The number of rotatable bonds is 7. The summed E-state index contributed by atoms with van der Waals surface area (Å²) < 4.78 is 28.1. The maximum Gasteiger partial charge on any atom is 0.261 e. The number of anilines is 3. The van der Waals surface area contributed by atoms with Crippen molar-refractivity contribution in [3.8, 4) is 11.3 Å². The fraction of sp³-hybridized carbons (Fsp3) is 0.320. The van der Waals surface area contributed by atoms with Crippen LogP contribution < -0.4 is 14.9 Å². The third-order valence-electron chi connectivity index (χ3n) is 5.72. The Labute approximate surface area is 200 Å². The van der Waals surface area contributed by atoms with Crippen LogP contribution in [0.2, 0.25) is 0 Å². The first-order chi connectivity index (χ1) is 16.3. The maximum atomic E-state index is 12.8. The number of carbonyl (C=O) groups excluding carboxylic acids is 1. The van der Waals surface area contributed by atoms with Gasteiger partial charge >= 0.3 is 0 Å². The molecule has 0 unspecified atom stereocenters. The predicted molar refractivity (Wildman–Crippen MR) is 134 cm³/mol. The van der Waals surface area contributed by atoms with Crippen molar-refractivity contribution in [3.63, 3.8) is 0 Å². The average molecular weight is 480 g/mol. The van der Waals surface area contributed by atoms with Gasteiger partial charge < -0.3 is 10.2 Å². The van der Waals surface area contributed by atoms with Gasteiger partial charge in [-0.1, -0.05) is 26.0 Å². The van der Waals surface area contributed by atoms with Crippen LogP contribution in [0.4, 0.5) is 17.2 Å². The number of hydrogen-bond acceptors (Lipinski definition) is 6. The zero-order valence-corrected chi connectivity index (χ0v) is 20.2. The minimum Gasteiger partial charge on any atom is -0.355 e. The van der Waals surface area contributed by atoms with Crippen LogP contribution in [0.3, 0.4) is 0 Å². The molecule has 0 aliphatic carbocycles. The molecule has 9 heteroatoms. The van der Waals surface area contributed by atoms with Gasteiger partial charge in [0, 0.05) is 35.9 Å². The SMILES string of the molecule is CC(C)C(=O)Nc1ccc(S(=O)(=O)Nc2ccc(-c3ccc(N4CCCCC4)nn3)cc2)cc1. The number of carbonyl (C=O) groups is 1. The highest BCUT2D eigenvalue weighted by molar-refractivity contribution is 7.92. The molecule has 1 aliphatic heterocycles. The molecule has 2 aromatic carbocycles. The van der Waals surface area contributed by atoms with Crippen LogP contribution in [-0.2, 0) is 14.8 Å². The second kappa shape index (κ2) is 10.2. The normalized spacial score (nSPS) is 14.1. The fourth-order valence-electron chi connectivity index (χ4n) is 3.70. The van der Waals surface area contributed by atoms with E-state index in [9.17, 15) is 13.2 Å². The summed E-state index contributed by atoms with van der Waals surface area (Å²) in [5.41, 5.74) is 2.58. The molecule has 0 spiro atoms. The van der Waals surface area contributed by atoms with Crippen LogP contribution in [0.15, 0.2) is 65.6 Å². The highest BCUT2D eigenvalue weighted by Crippen LogP contribution is 2.24. The van der Waals surface area contributed by atoms with E-state index < -0.39 is 10.0 Å². The summed E-state index contributed by atoms with van der Waals surface area (Å²) in [4.78, 5) is 14.2. The molecule has 4 rings (SSSR count). The van der Waals surface area contributed by atoms with Gasteiger partial charge in [0.2, 0.25) is 5.91 Å². The zero-order chi connectivity index (χ0) is 24.1. The van der Waals surface area contributed by atoms with Gasteiger partial charge in [0.15, 0.2) is 5.82 Å². The van der Waals surface area contributed by atoms with E-state index in [-0.39, 0.29) is 16.7 Å². The van der Waals surface area contributed by atoms with Gasteiger partial charge in [-0.25, -0.2) is 8.42 Å². The lowest BCUT2D eigenvalue weighted by Gasteiger charge is -2.27. The van der Waals surface area contributed by atoms with Crippen molar-refractivity contribution in [3.05, 3.63) is 60.7 Å². The summed E-state index contributed by atoms with van der Waals surface area (Å²) in [5, 5.41) is 11.5. The van der Waals surface area contributed by atoms with Crippen molar-refractivity contribution in [1.29, 1.82) is 0 Å². The van der Waals surface area contributed by atoms with Crippen molar-refractivity contribution in [2.45, 2.75) is 38.0 Å². The van der Waals surface area contributed by atoms with E-state index >= 15 is 0 Å². The summed E-state index contributed by atoms with van der Waals surface area (Å²) >= 11 is 0. The van der Waals surface area contributed by atoms with Crippen molar-refractivity contribution >= 4 is 33.1 Å². The van der Waals surface area contributed by atoms with Crippen molar-refractivity contribution in [2.24, 2.45) is 5.92 Å². The molecule has 34 heavy (non-hydrogen) atoms. The second-order valence-corrected chi connectivity index (χ2v) is 10.4. The molecule has 178 valence electrons. The van der Waals surface area contributed by atoms with Crippen LogP contribution in [0.5, 0.6) is 0 Å². The summed E-state index contributed by atoms with van der Waals surface area (Å²) in [6.45, 7) is 5.61. The third kappa shape index (κ3) is 5.72. The Hall–Kier alpha value is -3.46. The van der Waals surface area contributed by atoms with Crippen LogP contribution in [0.25, 0.3) is 11.3 Å². The number of benzene rings is 2. The number of nitrogens with one attached hydrogen (secondary N) is 2. The predicted octanol–water partition coefficient (Wildman–Crippen LogP) is 4.53. The maximum absolute atomic E-state index is 12.8. The third-order valence-corrected chi connectivity index (χ3v) is 7.12. The molecular formula is C25H29N5O3S. The minimum atomic E-state index is -3.77. The Balaban J connectivity index is 1.41. The fourth-order valence-corrected chi connectivity index (χ4v) is 4.76. The first-order valence-corrected chi connectivity index (χ1v) is 12.9. The van der Waals surface area contributed by atoms with Crippen LogP contribution in [0, 0.1) is 5.92 Å². The zero-order valence-electron chi connectivity index (χ0n) is 19.4. The van der Waals surface area contributed by atoms with E-state index in [1.165, 1.54) is 31.4 Å². The van der Waals surface area contributed by atoms with E-state index in [4.69, 9.17) is 0 Å². The quantitative estimate of drug-likeness (QED) is 0.516. The van der Waals surface area contributed by atoms with Gasteiger partial charge in [-0.3, -0.25) is 9.52 Å². The van der Waals surface area contributed by atoms with Gasteiger partial charge in [0.05, 0.1) is 10.6 Å². The topological polar surface area (TPSA) is 104 Å². The molecule has 0 radical (unpaired) electrons. The molecule has 0 saturated carbocycles. The highest BCUT2D eigenvalue weighted by Gasteiger charge is 2.16. The van der Waals surface area contributed by atoms with Gasteiger partial charge in [-0.05, 0) is 67.8 Å². The summed E-state index contributed by atoms with van der Waals surface area (Å²) in [6, 6.07) is 17.0. The van der Waals surface area contributed by atoms with E-state index in [1.807, 2.05) is 24.3 Å². The number of nitrogens with zero attached hydrogens (tertiary/aromatic N) is 3. The van der Waals surface area contributed by atoms with E-state index in [0.29, 0.717) is 11.4 Å². The lowest BCUT2D eigenvalue weighted by atomic mass is 10.1. The van der Waals surface area contributed by atoms with Gasteiger partial charge in [-0.15, -0.1) is 10.2 Å². The summed E-state index contributed by atoms with van der Waals surface area (Å²) in [7, 11) is -3.77. The number of hydrogen-bond donors (Lipinski definition) is 2. The smallest absolute Gasteiger partial charge is 0.261 e.